The number of nitro groups is 1. The molecule has 1 heterocycles. The molecular formula is C14H16BrN3O3. The van der Waals surface area contributed by atoms with E-state index in [1.54, 1.807) is 24.6 Å². The summed E-state index contributed by atoms with van der Waals surface area (Å²) >= 11 is 3.49. The van der Waals surface area contributed by atoms with Gasteiger partial charge in [-0.2, -0.15) is 5.10 Å². The van der Waals surface area contributed by atoms with Gasteiger partial charge in [0, 0.05) is 18.7 Å². The number of aryl methyl sites for hydroxylation is 4. The fourth-order valence-corrected chi connectivity index (χ4v) is 2.56. The molecule has 0 saturated heterocycles. The highest BCUT2D eigenvalue weighted by Gasteiger charge is 2.16. The minimum absolute atomic E-state index is 0.109. The highest BCUT2D eigenvalue weighted by atomic mass is 79.9. The largest absolute Gasteiger partial charge is 0.487 e. The summed E-state index contributed by atoms with van der Waals surface area (Å²) < 4.78 is 8.47. The molecule has 0 aliphatic rings. The van der Waals surface area contributed by atoms with Crippen molar-refractivity contribution in [1.29, 1.82) is 0 Å². The number of aromatic nitrogens is 2. The molecule has 0 aliphatic heterocycles. The smallest absolute Gasteiger partial charge is 0.272 e. The Kier molecular flexibility index (Phi) is 4.32. The molecule has 2 aromatic rings. The molecule has 2 rings (SSSR count). The van der Waals surface area contributed by atoms with Gasteiger partial charge >= 0.3 is 0 Å². The zero-order valence-corrected chi connectivity index (χ0v) is 13.9. The molecule has 0 atom stereocenters. The number of halogens is 1. The molecule has 0 radical (unpaired) electrons. The molecule has 7 heteroatoms. The van der Waals surface area contributed by atoms with Gasteiger partial charge in [-0.15, -0.1) is 0 Å². The van der Waals surface area contributed by atoms with E-state index in [0.717, 1.165) is 21.4 Å². The summed E-state index contributed by atoms with van der Waals surface area (Å²) in [6.45, 7) is 5.75. The van der Waals surface area contributed by atoms with Gasteiger partial charge in [-0.3, -0.25) is 14.8 Å². The predicted molar refractivity (Wildman–Crippen MR) is 82.5 cm³/mol. The van der Waals surface area contributed by atoms with Crippen molar-refractivity contribution in [1.82, 2.24) is 9.78 Å². The van der Waals surface area contributed by atoms with Crippen LogP contribution in [0.1, 0.15) is 22.5 Å². The number of hydrogen-bond donors (Lipinski definition) is 0. The molecule has 0 fully saturated rings. The maximum absolute atomic E-state index is 10.9. The van der Waals surface area contributed by atoms with Gasteiger partial charge in [-0.1, -0.05) is 0 Å². The molecule has 1 aromatic heterocycles. The second-order valence-corrected chi connectivity index (χ2v) is 5.71. The lowest BCUT2D eigenvalue weighted by Gasteiger charge is -2.11. The van der Waals surface area contributed by atoms with E-state index in [4.69, 9.17) is 4.74 Å². The van der Waals surface area contributed by atoms with Crippen LogP contribution in [0, 0.1) is 30.9 Å². The summed E-state index contributed by atoms with van der Waals surface area (Å²) in [7, 11) is 1.85. The highest BCUT2D eigenvalue weighted by Crippen LogP contribution is 2.29. The van der Waals surface area contributed by atoms with Crippen LogP contribution >= 0.6 is 15.9 Å². The Balaban J connectivity index is 2.25. The Labute approximate surface area is 131 Å². The average Bonchev–Trinajstić information content (AvgIpc) is 2.64. The molecule has 1 aromatic carbocycles. The zero-order chi connectivity index (χ0) is 15.7. The molecular weight excluding hydrogens is 338 g/mol. The first-order valence-corrected chi connectivity index (χ1v) is 7.17. The van der Waals surface area contributed by atoms with Crippen molar-refractivity contribution < 1.29 is 9.66 Å². The third-order valence-electron chi connectivity index (χ3n) is 3.32. The SMILES string of the molecule is Cc1cc([N+](=O)[O-])c(C)cc1OCc1c(Br)c(C)nn1C. The van der Waals surface area contributed by atoms with Gasteiger partial charge in [0.25, 0.3) is 5.69 Å². The topological polar surface area (TPSA) is 70.2 Å². The molecule has 112 valence electrons. The van der Waals surface area contributed by atoms with Crippen molar-refractivity contribution >= 4 is 21.6 Å². The fraction of sp³-hybridized carbons (Fsp3) is 0.357. The Morgan fingerprint density at radius 3 is 2.52 bits per heavy atom. The van der Waals surface area contributed by atoms with E-state index >= 15 is 0 Å². The van der Waals surface area contributed by atoms with Gasteiger partial charge in [0.15, 0.2) is 0 Å². The minimum atomic E-state index is -0.382. The summed E-state index contributed by atoms with van der Waals surface area (Å²) in [5.41, 5.74) is 3.25. The number of nitrogens with zero attached hydrogens (tertiary/aromatic N) is 3. The van der Waals surface area contributed by atoms with Gasteiger partial charge in [0.1, 0.15) is 12.4 Å². The van der Waals surface area contributed by atoms with Crippen molar-refractivity contribution in [2.45, 2.75) is 27.4 Å². The Bertz CT molecular complexity index is 710. The van der Waals surface area contributed by atoms with Crippen molar-refractivity contribution in [2.75, 3.05) is 0 Å². The van der Waals surface area contributed by atoms with Gasteiger partial charge in [0.2, 0.25) is 0 Å². The lowest BCUT2D eigenvalue weighted by Crippen LogP contribution is -2.05. The van der Waals surface area contributed by atoms with E-state index in [-0.39, 0.29) is 10.6 Å². The van der Waals surface area contributed by atoms with Gasteiger partial charge < -0.3 is 4.74 Å². The molecule has 0 N–H and O–H groups in total. The van der Waals surface area contributed by atoms with Crippen LogP contribution in [0.15, 0.2) is 16.6 Å². The standard InChI is InChI=1S/C14H16BrN3O3/c1-8-6-13(9(2)5-11(8)18(19)20)21-7-12-14(15)10(3)16-17(12)4/h5-6H,7H2,1-4H3. The van der Waals surface area contributed by atoms with E-state index in [9.17, 15) is 10.1 Å². The summed E-state index contributed by atoms with van der Waals surface area (Å²) in [4.78, 5) is 10.5. The number of nitro benzene ring substituents is 1. The summed E-state index contributed by atoms with van der Waals surface area (Å²) in [6, 6.07) is 3.23. The minimum Gasteiger partial charge on any atom is -0.487 e. The summed E-state index contributed by atoms with van der Waals surface area (Å²) in [6.07, 6.45) is 0. The third kappa shape index (κ3) is 3.07. The molecule has 0 aliphatic carbocycles. The lowest BCUT2D eigenvalue weighted by atomic mass is 10.1. The Morgan fingerprint density at radius 1 is 1.33 bits per heavy atom. The number of hydrogen-bond acceptors (Lipinski definition) is 4. The summed E-state index contributed by atoms with van der Waals surface area (Å²) in [5.74, 6) is 0.642. The van der Waals surface area contributed by atoms with Crippen LogP contribution in [0.4, 0.5) is 5.69 Å². The van der Waals surface area contributed by atoms with Crippen LogP contribution < -0.4 is 4.74 Å². The van der Waals surface area contributed by atoms with Crippen molar-refractivity contribution in [3.8, 4) is 5.75 Å². The number of benzene rings is 1. The lowest BCUT2D eigenvalue weighted by molar-refractivity contribution is -0.385. The normalized spacial score (nSPS) is 10.7. The van der Waals surface area contributed by atoms with Crippen LogP contribution in [0.25, 0.3) is 0 Å². The Morgan fingerprint density at radius 2 is 2.00 bits per heavy atom. The van der Waals surface area contributed by atoms with E-state index in [0.29, 0.717) is 17.9 Å². The monoisotopic (exact) mass is 353 g/mol. The quantitative estimate of drug-likeness (QED) is 0.621. The number of ether oxygens (including phenoxy) is 1. The Hall–Kier alpha value is -1.89. The first-order valence-electron chi connectivity index (χ1n) is 6.37. The van der Waals surface area contributed by atoms with Crippen LogP contribution in [-0.4, -0.2) is 14.7 Å². The van der Waals surface area contributed by atoms with Crippen LogP contribution in [0.2, 0.25) is 0 Å². The summed E-state index contributed by atoms with van der Waals surface area (Å²) in [5, 5.41) is 15.2. The van der Waals surface area contributed by atoms with E-state index in [1.807, 2.05) is 14.0 Å². The molecule has 0 saturated carbocycles. The predicted octanol–water partition coefficient (Wildman–Crippen LogP) is 3.60. The van der Waals surface area contributed by atoms with Crippen LogP contribution in [0.3, 0.4) is 0 Å². The molecule has 21 heavy (non-hydrogen) atoms. The zero-order valence-electron chi connectivity index (χ0n) is 12.3. The maximum atomic E-state index is 10.9. The van der Waals surface area contributed by atoms with Crippen LogP contribution in [-0.2, 0) is 13.7 Å². The van der Waals surface area contributed by atoms with Crippen molar-refractivity contribution in [2.24, 2.45) is 7.05 Å². The average molecular weight is 354 g/mol. The van der Waals surface area contributed by atoms with E-state index in [1.165, 1.54) is 6.07 Å². The fourth-order valence-electron chi connectivity index (χ4n) is 2.11. The highest BCUT2D eigenvalue weighted by molar-refractivity contribution is 9.10. The van der Waals surface area contributed by atoms with Gasteiger partial charge in [0.05, 0.1) is 20.8 Å². The first kappa shape index (κ1) is 15.5. The maximum Gasteiger partial charge on any atom is 0.272 e. The van der Waals surface area contributed by atoms with Gasteiger partial charge in [-0.25, -0.2) is 0 Å². The second kappa shape index (κ2) is 5.85. The molecule has 0 unspecified atom stereocenters. The van der Waals surface area contributed by atoms with Crippen molar-refractivity contribution in [3.63, 3.8) is 0 Å². The number of rotatable bonds is 4. The van der Waals surface area contributed by atoms with Crippen LogP contribution in [0.5, 0.6) is 5.75 Å². The van der Waals surface area contributed by atoms with E-state index in [2.05, 4.69) is 21.0 Å². The molecule has 0 spiro atoms. The second-order valence-electron chi connectivity index (χ2n) is 4.92. The first-order chi connectivity index (χ1) is 9.81. The molecule has 0 bridgehead atoms. The third-order valence-corrected chi connectivity index (χ3v) is 4.35. The molecule has 6 nitrogen and oxygen atoms in total. The van der Waals surface area contributed by atoms with E-state index < -0.39 is 0 Å². The molecule has 0 amide bonds. The van der Waals surface area contributed by atoms with Gasteiger partial charge in [-0.05, 0) is 48.3 Å². The van der Waals surface area contributed by atoms with Crippen molar-refractivity contribution in [3.05, 3.63) is 49.2 Å².